The molecule has 240 valence electrons. The third-order valence-electron chi connectivity index (χ3n) is 8.38. The Labute approximate surface area is 283 Å². The van der Waals surface area contributed by atoms with Gasteiger partial charge in [-0.05, 0) is 74.9 Å². The highest BCUT2D eigenvalue weighted by Gasteiger charge is 2.37. The number of carbonyl (C=O) groups excluding carboxylic acids is 3. The van der Waals surface area contributed by atoms with Crippen molar-refractivity contribution in [3.05, 3.63) is 88.8 Å². The van der Waals surface area contributed by atoms with Gasteiger partial charge in [0.2, 0.25) is 5.91 Å². The molecule has 0 radical (unpaired) electrons. The van der Waals surface area contributed by atoms with Crippen LogP contribution in [0.4, 0.5) is 21.2 Å². The molecule has 2 aromatic carbocycles. The van der Waals surface area contributed by atoms with Gasteiger partial charge in [-0.15, -0.1) is 34.9 Å². The predicted octanol–water partition coefficient (Wildman–Crippen LogP) is 9.10. The molecule has 2 aliphatic carbocycles. The lowest BCUT2D eigenvalue weighted by Crippen LogP contribution is -2.49. The van der Waals surface area contributed by atoms with Gasteiger partial charge in [-0.25, -0.2) is 9.59 Å². The average molecular weight is 674 g/mol. The van der Waals surface area contributed by atoms with Crippen molar-refractivity contribution < 1.29 is 19.1 Å². The number of hydrogen-bond acceptors (Lipinski definition) is 7. The van der Waals surface area contributed by atoms with Gasteiger partial charge < -0.3 is 15.4 Å². The number of fused-ring (bicyclic) bond motifs is 3. The number of urea groups is 1. The number of thioether (sulfide) groups is 2. The molecular formula is C36H39N3O4S3. The molecule has 2 N–H and O–H groups in total. The minimum atomic E-state index is -0.392. The summed E-state index contributed by atoms with van der Waals surface area (Å²) in [5, 5.41) is 6.57. The van der Waals surface area contributed by atoms with Crippen LogP contribution in [0.25, 0.3) is 0 Å². The number of hydrogen-bond donors (Lipinski definition) is 2. The first kappa shape index (κ1) is 32.5. The molecule has 3 aromatic rings. The van der Waals surface area contributed by atoms with Crippen LogP contribution in [0.1, 0.15) is 66.8 Å². The number of nitrogens with one attached hydrogen (secondary N) is 2. The number of aryl methyl sites for hydroxylation is 1. The summed E-state index contributed by atoms with van der Waals surface area (Å²) in [5.74, 6) is -0.506. The van der Waals surface area contributed by atoms with E-state index >= 15 is 0 Å². The molecule has 2 heterocycles. The van der Waals surface area contributed by atoms with Crippen LogP contribution in [-0.2, 0) is 22.4 Å². The molecule has 7 nitrogen and oxygen atoms in total. The lowest BCUT2D eigenvalue weighted by molar-refractivity contribution is -0.115. The van der Waals surface area contributed by atoms with Gasteiger partial charge in [0.1, 0.15) is 5.00 Å². The summed E-state index contributed by atoms with van der Waals surface area (Å²) < 4.78 is 5.43. The summed E-state index contributed by atoms with van der Waals surface area (Å²) in [6.45, 7) is 4.07. The molecule has 10 heteroatoms. The number of nitrogens with zero attached hydrogens (tertiary/aromatic N) is 1. The Hall–Kier alpha value is -3.47. The first-order chi connectivity index (χ1) is 22.5. The summed E-state index contributed by atoms with van der Waals surface area (Å²) in [6, 6.07) is 15.3. The zero-order chi connectivity index (χ0) is 32.0. The van der Waals surface area contributed by atoms with Gasteiger partial charge in [-0.2, -0.15) is 0 Å². The van der Waals surface area contributed by atoms with Gasteiger partial charge in [0, 0.05) is 20.4 Å². The number of para-hydroxylation sites is 1. The van der Waals surface area contributed by atoms with Crippen molar-refractivity contribution >= 4 is 69.1 Å². The number of allylic oxidation sites excluding steroid dienone is 2. The Balaban J connectivity index is 1.18. The zero-order valence-electron chi connectivity index (χ0n) is 26.1. The van der Waals surface area contributed by atoms with E-state index in [-0.39, 0.29) is 35.8 Å². The zero-order valence-corrected chi connectivity index (χ0v) is 28.6. The Morgan fingerprint density at radius 3 is 2.61 bits per heavy atom. The van der Waals surface area contributed by atoms with Crippen molar-refractivity contribution in [3.8, 4) is 0 Å². The molecule has 46 heavy (non-hydrogen) atoms. The van der Waals surface area contributed by atoms with Gasteiger partial charge in [0.15, 0.2) is 0 Å². The molecule has 3 unspecified atom stereocenters. The van der Waals surface area contributed by atoms with Crippen LogP contribution in [0, 0.1) is 0 Å². The maximum Gasteiger partial charge on any atom is 0.341 e. The summed E-state index contributed by atoms with van der Waals surface area (Å²) in [4.78, 5) is 45.5. The maximum absolute atomic E-state index is 13.8. The number of carbonyl (C=O) groups is 3. The topological polar surface area (TPSA) is 87.7 Å². The third kappa shape index (κ3) is 7.09. The van der Waals surface area contributed by atoms with Crippen LogP contribution in [-0.4, -0.2) is 41.1 Å². The highest BCUT2D eigenvalue weighted by Crippen LogP contribution is 2.44. The number of amides is 3. The maximum atomic E-state index is 13.8. The van der Waals surface area contributed by atoms with E-state index in [0.717, 1.165) is 53.1 Å². The molecular weight excluding hydrogens is 635 g/mol. The van der Waals surface area contributed by atoms with E-state index in [1.54, 1.807) is 18.7 Å². The highest BCUT2D eigenvalue weighted by atomic mass is 32.2. The number of esters is 1. The molecule has 1 aromatic heterocycles. The Bertz CT molecular complexity index is 1670. The number of benzene rings is 2. The van der Waals surface area contributed by atoms with Gasteiger partial charge >= 0.3 is 12.0 Å². The third-order valence-corrected chi connectivity index (χ3v) is 12.2. The van der Waals surface area contributed by atoms with E-state index in [4.69, 9.17) is 4.74 Å². The van der Waals surface area contributed by atoms with Crippen molar-refractivity contribution in [2.75, 3.05) is 22.1 Å². The Morgan fingerprint density at radius 2 is 1.78 bits per heavy atom. The normalized spacial score (nSPS) is 19.1. The van der Waals surface area contributed by atoms with Crippen molar-refractivity contribution in [2.45, 2.75) is 85.1 Å². The smallest absolute Gasteiger partial charge is 0.341 e. The second kappa shape index (κ2) is 15.0. The fraction of sp³-hybridized carbons (Fsp3) is 0.361. The molecule has 0 bridgehead atoms. The molecule has 1 aliphatic heterocycles. The predicted molar refractivity (Wildman–Crippen MR) is 191 cm³/mol. The van der Waals surface area contributed by atoms with E-state index < -0.39 is 5.25 Å². The number of anilines is 3. The van der Waals surface area contributed by atoms with Crippen LogP contribution in [0.15, 0.2) is 82.6 Å². The van der Waals surface area contributed by atoms with E-state index in [2.05, 4.69) is 28.9 Å². The molecule has 6 rings (SSSR count). The molecule has 0 saturated heterocycles. The Kier molecular flexibility index (Phi) is 10.6. The van der Waals surface area contributed by atoms with Crippen molar-refractivity contribution in [1.82, 2.24) is 0 Å². The van der Waals surface area contributed by atoms with E-state index in [9.17, 15) is 14.4 Å². The van der Waals surface area contributed by atoms with Crippen molar-refractivity contribution in [3.63, 3.8) is 0 Å². The second-order valence-corrected chi connectivity index (χ2v) is 15.1. The molecule has 3 amide bonds. The van der Waals surface area contributed by atoms with E-state index in [1.165, 1.54) is 34.4 Å². The molecule has 3 atom stereocenters. The van der Waals surface area contributed by atoms with Crippen LogP contribution < -0.4 is 15.5 Å². The quantitative estimate of drug-likeness (QED) is 0.183. The molecule has 3 aliphatic rings. The van der Waals surface area contributed by atoms with Gasteiger partial charge in [0.25, 0.3) is 0 Å². The fourth-order valence-corrected chi connectivity index (χ4v) is 9.71. The lowest BCUT2D eigenvalue weighted by atomic mass is 9.96. The minimum Gasteiger partial charge on any atom is -0.462 e. The summed E-state index contributed by atoms with van der Waals surface area (Å²) in [6.07, 6.45) is 15.0. The first-order valence-electron chi connectivity index (χ1n) is 16.1. The SMILES string of the molecule is CCOC(=O)c1c(NC(=O)C(CC)Sc2cccc(NC(=O)N3c4ccccc4SC4C=CC=CC43)c2)sc2c1CCCCCC2. The van der Waals surface area contributed by atoms with Crippen LogP contribution in [0.2, 0.25) is 0 Å². The van der Waals surface area contributed by atoms with Crippen LogP contribution in [0.3, 0.4) is 0 Å². The van der Waals surface area contributed by atoms with Gasteiger partial charge in [-0.3, -0.25) is 9.69 Å². The first-order valence-corrected chi connectivity index (χ1v) is 18.6. The van der Waals surface area contributed by atoms with Crippen molar-refractivity contribution in [2.24, 2.45) is 0 Å². The molecule has 0 spiro atoms. The monoisotopic (exact) mass is 673 g/mol. The van der Waals surface area contributed by atoms with Gasteiger partial charge in [-0.1, -0.05) is 62.3 Å². The Morgan fingerprint density at radius 1 is 0.978 bits per heavy atom. The number of thiophene rings is 1. The van der Waals surface area contributed by atoms with Gasteiger partial charge in [0.05, 0.1) is 34.4 Å². The second-order valence-electron chi connectivity index (χ2n) is 11.5. The lowest BCUT2D eigenvalue weighted by Gasteiger charge is -2.40. The van der Waals surface area contributed by atoms with Crippen LogP contribution >= 0.6 is 34.9 Å². The van der Waals surface area contributed by atoms with Crippen LogP contribution in [0.5, 0.6) is 0 Å². The summed E-state index contributed by atoms with van der Waals surface area (Å²) >= 11 is 4.75. The summed E-state index contributed by atoms with van der Waals surface area (Å²) in [7, 11) is 0. The molecule has 0 saturated carbocycles. The fourth-order valence-electron chi connectivity index (χ4n) is 6.16. The van der Waals surface area contributed by atoms with E-state index in [0.29, 0.717) is 22.7 Å². The minimum absolute atomic E-state index is 0.0909. The summed E-state index contributed by atoms with van der Waals surface area (Å²) in [5.41, 5.74) is 3.13. The number of rotatable bonds is 8. The highest BCUT2D eigenvalue weighted by molar-refractivity contribution is 8.00. The standard InChI is InChI=1S/C36H39N3O4S3/c1-3-28(33(40)38-34-32(35(41)43-4-2)25-16-7-5-6-8-19-29(25)46-34)44-24-15-13-14-23(22-24)37-36(42)39-26-17-9-11-20-30(26)45-31-21-12-10-18-27(31)39/h9-15,17-18,20-22,26,28,30H,3-8,16,19H2,1-2H3,(H,37,42)(H,38,40). The largest absolute Gasteiger partial charge is 0.462 e. The van der Waals surface area contributed by atoms with Crippen molar-refractivity contribution in [1.29, 1.82) is 0 Å². The molecule has 0 fully saturated rings. The van der Waals surface area contributed by atoms with E-state index in [1.807, 2.05) is 66.4 Å². The number of ether oxygens (including phenoxy) is 1. The average Bonchev–Trinajstić information content (AvgIpc) is 3.37.